The maximum Gasteiger partial charge on any atom is 0.326 e. The largest absolute Gasteiger partial charge is 0.465 e. The lowest BCUT2D eigenvalue weighted by atomic mass is 10.1. The summed E-state index contributed by atoms with van der Waals surface area (Å²) in [6, 6.07) is 0. The van der Waals surface area contributed by atoms with Crippen molar-refractivity contribution in [3.05, 3.63) is 0 Å². The van der Waals surface area contributed by atoms with Gasteiger partial charge in [-0.25, -0.2) is 9.76 Å². The molecule has 0 heterocycles. The molecule has 0 aromatic heterocycles. The van der Waals surface area contributed by atoms with Crippen molar-refractivity contribution < 1.29 is 18.8 Å². The molecular weight excluding hydrogens is 243 g/mol. The fourth-order valence-corrected chi connectivity index (χ4v) is 3.03. The highest BCUT2D eigenvalue weighted by Gasteiger charge is 2.38. The zero-order valence-corrected chi connectivity index (χ0v) is 12.3. The smallest absolute Gasteiger partial charge is 0.326 e. The van der Waals surface area contributed by atoms with Crippen LogP contribution in [0, 0.1) is 0 Å². The molecule has 0 saturated carbocycles. The number of carbonyl (C=O) groups is 1. The van der Waals surface area contributed by atoms with Crippen LogP contribution in [0.2, 0.25) is 0 Å². The molecule has 0 fully saturated rings. The van der Waals surface area contributed by atoms with E-state index in [0.29, 0.717) is 6.61 Å². The van der Waals surface area contributed by atoms with E-state index in [2.05, 4.69) is 5.09 Å². The lowest BCUT2D eigenvalue weighted by Crippen LogP contribution is -2.48. The standard InChI is InChI=1S/C10H23N2O4P/c1-7-16-9(13)10(2,3)11-17(14,8-15-6)12(4)5/h7-8H2,1-6H3,(H,11,14). The maximum absolute atomic E-state index is 12.5. The van der Waals surface area contributed by atoms with Gasteiger partial charge >= 0.3 is 5.97 Å². The molecule has 102 valence electrons. The van der Waals surface area contributed by atoms with E-state index < -0.39 is 19.0 Å². The fourth-order valence-electron chi connectivity index (χ4n) is 1.22. The van der Waals surface area contributed by atoms with Gasteiger partial charge in [0.15, 0.2) is 0 Å². The molecule has 1 unspecified atom stereocenters. The molecule has 0 aromatic rings. The van der Waals surface area contributed by atoms with Crippen LogP contribution in [0.15, 0.2) is 0 Å². The monoisotopic (exact) mass is 266 g/mol. The van der Waals surface area contributed by atoms with Crippen molar-refractivity contribution in [2.75, 3.05) is 34.2 Å². The predicted octanol–water partition coefficient (Wildman–Crippen LogP) is 1.28. The van der Waals surface area contributed by atoms with Gasteiger partial charge in [-0.2, -0.15) is 0 Å². The molecule has 0 rings (SSSR count). The predicted molar refractivity (Wildman–Crippen MR) is 67.0 cm³/mol. The minimum atomic E-state index is -2.93. The fraction of sp³-hybridized carbons (Fsp3) is 0.900. The summed E-state index contributed by atoms with van der Waals surface area (Å²) in [6.45, 7) is 5.29. The first-order chi connectivity index (χ1) is 7.69. The highest BCUT2D eigenvalue weighted by atomic mass is 31.2. The summed E-state index contributed by atoms with van der Waals surface area (Å²) in [7, 11) is 1.89. The number of ether oxygens (including phenoxy) is 2. The van der Waals surface area contributed by atoms with Crippen molar-refractivity contribution in [1.82, 2.24) is 9.76 Å². The van der Waals surface area contributed by atoms with Gasteiger partial charge in [-0.15, -0.1) is 0 Å². The zero-order valence-electron chi connectivity index (χ0n) is 11.4. The van der Waals surface area contributed by atoms with E-state index in [9.17, 15) is 9.36 Å². The van der Waals surface area contributed by atoms with E-state index in [0.717, 1.165) is 0 Å². The van der Waals surface area contributed by atoms with Crippen LogP contribution in [-0.2, 0) is 18.8 Å². The Balaban J connectivity index is 4.87. The van der Waals surface area contributed by atoms with Crippen LogP contribution in [0.4, 0.5) is 0 Å². The molecule has 0 aliphatic carbocycles. The molecule has 0 aromatic carbocycles. The van der Waals surface area contributed by atoms with Crippen molar-refractivity contribution in [3.8, 4) is 0 Å². The minimum absolute atomic E-state index is 0.0306. The Morgan fingerprint density at radius 3 is 2.29 bits per heavy atom. The molecule has 0 bridgehead atoms. The second-order valence-corrected chi connectivity index (χ2v) is 7.11. The summed E-state index contributed by atoms with van der Waals surface area (Å²) in [6.07, 6.45) is 0.0306. The van der Waals surface area contributed by atoms with Crippen LogP contribution in [0.3, 0.4) is 0 Å². The third-order valence-electron chi connectivity index (χ3n) is 2.19. The number of esters is 1. The van der Waals surface area contributed by atoms with Gasteiger partial charge in [-0.05, 0) is 34.9 Å². The molecule has 1 N–H and O–H groups in total. The Morgan fingerprint density at radius 2 is 1.94 bits per heavy atom. The quantitative estimate of drug-likeness (QED) is 0.553. The number of nitrogens with one attached hydrogen (secondary N) is 1. The van der Waals surface area contributed by atoms with Crippen molar-refractivity contribution in [2.45, 2.75) is 26.3 Å². The molecule has 0 aliphatic heterocycles. The van der Waals surface area contributed by atoms with Gasteiger partial charge in [-0.1, -0.05) is 0 Å². The molecule has 1 atom stereocenters. The van der Waals surface area contributed by atoms with Crippen molar-refractivity contribution in [1.29, 1.82) is 0 Å². The normalized spacial score (nSPS) is 15.7. The van der Waals surface area contributed by atoms with E-state index in [4.69, 9.17) is 9.47 Å². The summed E-state index contributed by atoms with van der Waals surface area (Å²) in [5, 5.41) is 2.84. The van der Waals surface area contributed by atoms with E-state index in [-0.39, 0.29) is 6.35 Å². The lowest BCUT2D eigenvalue weighted by Gasteiger charge is -2.32. The molecule has 0 saturated heterocycles. The van der Waals surface area contributed by atoms with E-state index in [1.165, 1.54) is 11.8 Å². The first kappa shape index (κ1) is 16.6. The molecule has 6 nitrogen and oxygen atoms in total. The summed E-state index contributed by atoms with van der Waals surface area (Å²) >= 11 is 0. The average molecular weight is 266 g/mol. The van der Waals surface area contributed by atoms with E-state index in [1.54, 1.807) is 34.9 Å². The third kappa shape index (κ3) is 4.76. The molecule has 0 amide bonds. The van der Waals surface area contributed by atoms with Crippen molar-refractivity contribution >= 4 is 13.4 Å². The number of hydrogen-bond acceptors (Lipinski definition) is 4. The van der Waals surface area contributed by atoms with Gasteiger partial charge in [0, 0.05) is 7.11 Å². The van der Waals surface area contributed by atoms with Crippen LogP contribution in [0.5, 0.6) is 0 Å². The zero-order chi connectivity index (χ0) is 13.7. The Kier molecular flexibility index (Phi) is 6.34. The summed E-state index contributed by atoms with van der Waals surface area (Å²) in [5.41, 5.74) is -1.02. The molecule has 17 heavy (non-hydrogen) atoms. The number of nitrogens with zero attached hydrogens (tertiary/aromatic N) is 1. The van der Waals surface area contributed by atoms with Crippen LogP contribution in [0.1, 0.15) is 20.8 Å². The van der Waals surface area contributed by atoms with Crippen LogP contribution >= 0.6 is 7.44 Å². The average Bonchev–Trinajstić information content (AvgIpc) is 2.17. The SMILES string of the molecule is CCOC(=O)C(C)(C)NP(=O)(COC)N(C)C. The molecule has 0 aliphatic rings. The first-order valence-electron chi connectivity index (χ1n) is 5.42. The Hall–Kier alpha value is -0.420. The number of rotatable bonds is 7. The molecule has 7 heteroatoms. The summed E-state index contributed by atoms with van der Waals surface area (Å²) in [5.74, 6) is -0.432. The first-order valence-corrected chi connectivity index (χ1v) is 7.26. The Morgan fingerprint density at radius 1 is 1.41 bits per heavy atom. The molecule has 0 spiro atoms. The van der Waals surface area contributed by atoms with Gasteiger partial charge in [0.05, 0.1) is 6.61 Å². The van der Waals surface area contributed by atoms with Crippen molar-refractivity contribution in [3.63, 3.8) is 0 Å². The molecular formula is C10H23N2O4P. The van der Waals surface area contributed by atoms with Gasteiger partial charge in [0.25, 0.3) is 0 Å². The topological polar surface area (TPSA) is 67.9 Å². The maximum atomic E-state index is 12.5. The molecule has 0 radical (unpaired) electrons. The van der Waals surface area contributed by atoms with E-state index in [1.807, 2.05) is 0 Å². The number of carbonyl (C=O) groups excluding carboxylic acids is 1. The second kappa shape index (κ2) is 6.50. The highest BCUT2D eigenvalue weighted by molar-refractivity contribution is 7.59. The van der Waals surface area contributed by atoms with Gasteiger partial charge < -0.3 is 9.47 Å². The van der Waals surface area contributed by atoms with Crippen LogP contribution in [0.25, 0.3) is 0 Å². The van der Waals surface area contributed by atoms with Gasteiger partial charge in [-0.3, -0.25) is 9.36 Å². The van der Waals surface area contributed by atoms with Crippen LogP contribution < -0.4 is 5.09 Å². The van der Waals surface area contributed by atoms with Gasteiger partial charge in [0.1, 0.15) is 11.9 Å². The van der Waals surface area contributed by atoms with Crippen LogP contribution in [-0.4, -0.2) is 50.3 Å². The minimum Gasteiger partial charge on any atom is -0.465 e. The Bertz CT molecular complexity index is 305. The summed E-state index contributed by atoms with van der Waals surface area (Å²) in [4.78, 5) is 11.7. The second-order valence-electron chi connectivity index (χ2n) is 4.42. The van der Waals surface area contributed by atoms with Gasteiger partial charge in [0.2, 0.25) is 7.44 Å². The lowest BCUT2D eigenvalue weighted by molar-refractivity contribution is -0.149. The number of hydrogen-bond donors (Lipinski definition) is 1. The van der Waals surface area contributed by atoms with Crippen molar-refractivity contribution in [2.24, 2.45) is 0 Å². The number of methoxy groups -OCH3 is 1. The Labute approximate surface area is 103 Å². The third-order valence-corrected chi connectivity index (χ3v) is 5.00. The van der Waals surface area contributed by atoms with E-state index >= 15 is 0 Å². The summed E-state index contributed by atoms with van der Waals surface area (Å²) < 4.78 is 23.9. The highest BCUT2D eigenvalue weighted by Crippen LogP contribution is 2.44.